The Morgan fingerprint density at radius 1 is 1.19 bits per heavy atom. The van der Waals surface area contributed by atoms with Gasteiger partial charge in [0.1, 0.15) is 0 Å². The fourth-order valence-electron chi connectivity index (χ4n) is 2.30. The van der Waals surface area contributed by atoms with Crippen LogP contribution in [0.4, 0.5) is 0 Å². The van der Waals surface area contributed by atoms with Gasteiger partial charge in [0.25, 0.3) is 0 Å². The van der Waals surface area contributed by atoms with Gasteiger partial charge in [-0.05, 0) is 24.6 Å². The van der Waals surface area contributed by atoms with Crippen LogP contribution < -0.4 is 0 Å². The lowest BCUT2D eigenvalue weighted by Crippen LogP contribution is -2.06. The van der Waals surface area contributed by atoms with Gasteiger partial charge in [-0.15, -0.1) is 0 Å². The van der Waals surface area contributed by atoms with Crippen LogP contribution in [0.25, 0.3) is 22.6 Å². The van der Waals surface area contributed by atoms with Crippen molar-refractivity contribution in [3.8, 4) is 22.6 Å². The third-order valence-corrected chi connectivity index (χ3v) is 3.21. The zero-order valence-corrected chi connectivity index (χ0v) is 11.6. The van der Waals surface area contributed by atoms with E-state index in [9.17, 15) is 4.79 Å². The van der Waals surface area contributed by atoms with Crippen molar-refractivity contribution < 1.29 is 13.9 Å². The molecule has 2 aromatic heterocycles. The molecule has 3 rings (SSSR count). The maximum Gasteiger partial charge on any atom is 0.341 e. The van der Waals surface area contributed by atoms with E-state index in [0.29, 0.717) is 23.6 Å². The van der Waals surface area contributed by atoms with Gasteiger partial charge in [0, 0.05) is 11.8 Å². The molecule has 0 saturated heterocycles. The second-order valence-corrected chi connectivity index (χ2v) is 4.52. The van der Waals surface area contributed by atoms with Crippen molar-refractivity contribution in [3.05, 3.63) is 60.5 Å². The third kappa shape index (κ3) is 2.48. The van der Waals surface area contributed by atoms with E-state index in [1.807, 2.05) is 36.4 Å². The van der Waals surface area contributed by atoms with Gasteiger partial charge in [-0.1, -0.05) is 30.3 Å². The van der Waals surface area contributed by atoms with Crippen molar-refractivity contribution in [2.24, 2.45) is 0 Å². The topological polar surface area (TPSA) is 55.2 Å². The number of aromatic amines is 1. The minimum Gasteiger partial charge on any atom is -0.463 e. The Labute approximate surface area is 122 Å². The van der Waals surface area contributed by atoms with Gasteiger partial charge < -0.3 is 14.1 Å². The highest BCUT2D eigenvalue weighted by molar-refractivity contribution is 6.03. The van der Waals surface area contributed by atoms with Gasteiger partial charge in [-0.2, -0.15) is 0 Å². The molecule has 0 spiro atoms. The van der Waals surface area contributed by atoms with Gasteiger partial charge in [0.05, 0.1) is 24.1 Å². The molecule has 0 aliphatic rings. The standard InChI is InChI=1S/C17H15NO3/c1-2-20-17(19)15-13(12-7-4-3-5-8-12)11-18-16(15)14-9-6-10-21-14/h3-11,18H,2H2,1H3. The summed E-state index contributed by atoms with van der Waals surface area (Å²) < 4.78 is 10.6. The summed E-state index contributed by atoms with van der Waals surface area (Å²) in [6, 6.07) is 13.3. The highest BCUT2D eigenvalue weighted by Crippen LogP contribution is 2.32. The number of ether oxygens (including phenoxy) is 1. The highest BCUT2D eigenvalue weighted by Gasteiger charge is 2.23. The maximum absolute atomic E-state index is 12.3. The number of H-pyrrole nitrogens is 1. The monoisotopic (exact) mass is 281 g/mol. The zero-order chi connectivity index (χ0) is 14.7. The first-order chi connectivity index (χ1) is 10.3. The lowest BCUT2D eigenvalue weighted by molar-refractivity contribution is 0.0528. The minimum atomic E-state index is -0.357. The first-order valence-corrected chi connectivity index (χ1v) is 6.79. The predicted octanol–water partition coefficient (Wildman–Crippen LogP) is 4.12. The Morgan fingerprint density at radius 3 is 2.67 bits per heavy atom. The highest BCUT2D eigenvalue weighted by atomic mass is 16.5. The Kier molecular flexibility index (Phi) is 3.60. The van der Waals surface area contributed by atoms with Crippen molar-refractivity contribution >= 4 is 5.97 Å². The number of hydrogen-bond acceptors (Lipinski definition) is 3. The molecule has 0 atom stereocenters. The number of aromatic nitrogens is 1. The summed E-state index contributed by atoms with van der Waals surface area (Å²) in [4.78, 5) is 15.5. The van der Waals surface area contributed by atoms with Crippen LogP contribution in [-0.4, -0.2) is 17.6 Å². The van der Waals surface area contributed by atoms with Gasteiger partial charge in [-0.3, -0.25) is 0 Å². The van der Waals surface area contributed by atoms with Crippen molar-refractivity contribution in [2.75, 3.05) is 6.61 Å². The molecule has 21 heavy (non-hydrogen) atoms. The summed E-state index contributed by atoms with van der Waals surface area (Å²) in [5.74, 6) is 0.254. The van der Waals surface area contributed by atoms with E-state index in [4.69, 9.17) is 9.15 Å². The lowest BCUT2D eigenvalue weighted by atomic mass is 10.0. The summed E-state index contributed by atoms with van der Waals surface area (Å²) in [6.07, 6.45) is 3.38. The summed E-state index contributed by atoms with van der Waals surface area (Å²) in [6.45, 7) is 2.12. The number of hydrogen-bond donors (Lipinski definition) is 1. The molecule has 4 heteroatoms. The number of carbonyl (C=O) groups is 1. The molecule has 0 radical (unpaired) electrons. The molecule has 0 unspecified atom stereocenters. The van der Waals surface area contributed by atoms with Crippen LogP contribution >= 0.6 is 0 Å². The van der Waals surface area contributed by atoms with Crippen molar-refractivity contribution in [1.29, 1.82) is 0 Å². The molecule has 0 fully saturated rings. The van der Waals surface area contributed by atoms with Crippen molar-refractivity contribution in [3.63, 3.8) is 0 Å². The molecule has 1 aromatic carbocycles. The number of esters is 1. The Bertz CT molecular complexity index is 727. The third-order valence-electron chi connectivity index (χ3n) is 3.21. The van der Waals surface area contributed by atoms with Crippen molar-refractivity contribution in [1.82, 2.24) is 4.98 Å². The van der Waals surface area contributed by atoms with E-state index in [-0.39, 0.29) is 5.97 Å². The molecule has 0 amide bonds. The van der Waals surface area contributed by atoms with Crippen LogP contribution in [0.3, 0.4) is 0 Å². The first kappa shape index (κ1) is 13.2. The second-order valence-electron chi connectivity index (χ2n) is 4.52. The summed E-state index contributed by atoms with van der Waals surface area (Å²) in [5, 5.41) is 0. The van der Waals surface area contributed by atoms with Crippen LogP contribution in [0.15, 0.2) is 59.3 Å². The molecule has 0 aliphatic carbocycles. The van der Waals surface area contributed by atoms with Gasteiger partial charge in [-0.25, -0.2) is 4.79 Å². The lowest BCUT2D eigenvalue weighted by Gasteiger charge is -2.06. The van der Waals surface area contributed by atoms with E-state index >= 15 is 0 Å². The van der Waals surface area contributed by atoms with Crippen LogP contribution in [0.1, 0.15) is 17.3 Å². The van der Waals surface area contributed by atoms with E-state index in [0.717, 1.165) is 11.1 Å². The maximum atomic E-state index is 12.3. The molecule has 0 aliphatic heterocycles. The van der Waals surface area contributed by atoms with Crippen LogP contribution in [-0.2, 0) is 4.74 Å². The molecule has 106 valence electrons. The Morgan fingerprint density at radius 2 is 2.00 bits per heavy atom. The molecule has 3 aromatic rings. The number of benzene rings is 1. The molecule has 0 saturated carbocycles. The number of nitrogens with one attached hydrogen (secondary N) is 1. The summed E-state index contributed by atoms with van der Waals surface area (Å²) >= 11 is 0. The van der Waals surface area contributed by atoms with E-state index in [1.54, 1.807) is 25.5 Å². The number of furan rings is 1. The Hall–Kier alpha value is -2.75. The average Bonchev–Trinajstić information content (AvgIpc) is 3.17. The minimum absolute atomic E-state index is 0.329. The SMILES string of the molecule is CCOC(=O)c1c(-c2ccccc2)c[nH]c1-c1ccco1. The number of rotatable bonds is 4. The largest absolute Gasteiger partial charge is 0.463 e. The van der Waals surface area contributed by atoms with Crippen LogP contribution in [0.2, 0.25) is 0 Å². The van der Waals surface area contributed by atoms with E-state index in [2.05, 4.69) is 4.98 Å². The van der Waals surface area contributed by atoms with E-state index in [1.165, 1.54) is 0 Å². The summed E-state index contributed by atoms with van der Waals surface area (Å²) in [7, 11) is 0. The molecule has 1 N–H and O–H groups in total. The van der Waals surface area contributed by atoms with Gasteiger partial charge in [0.2, 0.25) is 0 Å². The molecule has 4 nitrogen and oxygen atoms in total. The predicted molar refractivity (Wildman–Crippen MR) is 79.9 cm³/mol. The Balaban J connectivity index is 2.15. The smallest absolute Gasteiger partial charge is 0.341 e. The number of carbonyl (C=O) groups excluding carboxylic acids is 1. The molecular weight excluding hydrogens is 266 g/mol. The molecule has 0 bridgehead atoms. The van der Waals surface area contributed by atoms with Gasteiger partial charge >= 0.3 is 5.97 Å². The van der Waals surface area contributed by atoms with Crippen LogP contribution in [0.5, 0.6) is 0 Å². The van der Waals surface area contributed by atoms with Crippen LogP contribution in [0, 0.1) is 0 Å². The second kappa shape index (κ2) is 5.71. The fourth-order valence-corrected chi connectivity index (χ4v) is 2.30. The zero-order valence-electron chi connectivity index (χ0n) is 11.6. The molecular formula is C17H15NO3. The molecule has 2 heterocycles. The van der Waals surface area contributed by atoms with Crippen molar-refractivity contribution in [2.45, 2.75) is 6.92 Å². The van der Waals surface area contributed by atoms with Gasteiger partial charge in [0.15, 0.2) is 5.76 Å². The normalized spacial score (nSPS) is 10.5. The summed E-state index contributed by atoms with van der Waals surface area (Å²) in [5.41, 5.74) is 2.89. The first-order valence-electron chi connectivity index (χ1n) is 6.79. The fraction of sp³-hybridized carbons (Fsp3) is 0.118. The quantitative estimate of drug-likeness (QED) is 0.732. The van der Waals surface area contributed by atoms with E-state index < -0.39 is 0 Å². The average molecular weight is 281 g/mol.